The van der Waals surface area contributed by atoms with Crippen LogP contribution in [0.25, 0.3) is 0 Å². The maximum absolute atomic E-state index is 5.33. The third-order valence-corrected chi connectivity index (χ3v) is 2.82. The summed E-state index contributed by atoms with van der Waals surface area (Å²) in [5.74, 6) is 0.599. The highest BCUT2D eigenvalue weighted by Gasteiger charge is 2.22. The van der Waals surface area contributed by atoms with Crippen LogP contribution in [-0.2, 0) is 4.74 Å². The smallest absolute Gasteiger partial charge is 0.167 e. The van der Waals surface area contributed by atoms with Gasteiger partial charge in [0, 0.05) is 4.86 Å². The summed E-state index contributed by atoms with van der Waals surface area (Å²) in [5, 5.41) is 0.657. The lowest BCUT2D eigenvalue weighted by atomic mass is 9.92. The van der Waals surface area contributed by atoms with Crippen molar-refractivity contribution in [1.29, 1.82) is 0 Å². The van der Waals surface area contributed by atoms with E-state index in [1.54, 1.807) is 0 Å². The normalized spacial score (nSPS) is 12.7. The molecule has 0 spiro atoms. The zero-order valence-corrected chi connectivity index (χ0v) is 10.4. The molecule has 1 atom stereocenters. The van der Waals surface area contributed by atoms with Crippen molar-refractivity contribution in [2.45, 2.75) is 34.1 Å². The minimum atomic E-state index is 0.162. The average molecular weight is 218 g/mol. The van der Waals surface area contributed by atoms with E-state index in [4.69, 9.17) is 29.2 Å². The zero-order valence-electron chi connectivity index (χ0n) is 8.79. The maximum Gasteiger partial charge on any atom is 0.167 e. The van der Waals surface area contributed by atoms with Gasteiger partial charge in [-0.2, -0.15) is 0 Å². The van der Waals surface area contributed by atoms with Gasteiger partial charge in [0.25, 0.3) is 0 Å². The molecule has 0 aliphatic heterocycles. The molecule has 0 bridgehead atoms. The summed E-state index contributed by atoms with van der Waals surface area (Å²) < 4.78 is 5.33. The standard InChI is InChI=1S/C10H18OS2/c1-5-8(12)9(7(3)4)10(13)11-6-2/h7,9H,5-6H2,1-4H3. The molecule has 1 nitrogen and oxygen atoms in total. The Morgan fingerprint density at radius 3 is 2.08 bits per heavy atom. The van der Waals surface area contributed by atoms with Crippen LogP contribution in [-0.4, -0.2) is 16.5 Å². The van der Waals surface area contributed by atoms with E-state index < -0.39 is 0 Å². The molecule has 3 heteroatoms. The Morgan fingerprint density at radius 2 is 1.77 bits per heavy atom. The minimum Gasteiger partial charge on any atom is -0.487 e. The summed E-state index contributed by atoms with van der Waals surface area (Å²) >= 11 is 10.5. The molecule has 0 aromatic heterocycles. The Bertz CT molecular complexity index is 187. The topological polar surface area (TPSA) is 9.23 Å². The van der Waals surface area contributed by atoms with E-state index in [0.29, 0.717) is 17.6 Å². The first-order chi connectivity index (χ1) is 6.04. The molecule has 0 rings (SSSR count). The van der Waals surface area contributed by atoms with Crippen molar-refractivity contribution in [3.63, 3.8) is 0 Å². The van der Waals surface area contributed by atoms with E-state index in [1.165, 1.54) is 0 Å². The van der Waals surface area contributed by atoms with E-state index in [-0.39, 0.29) is 5.92 Å². The molecule has 0 aromatic rings. The average Bonchev–Trinajstić information content (AvgIpc) is 2.04. The summed E-state index contributed by atoms with van der Waals surface area (Å²) in [5.41, 5.74) is 0. The van der Waals surface area contributed by atoms with Gasteiger partial charge in [-0.25, -0.2) is 0 Å². The van der Waals surface area contributed by atoms with Gasteiger partial charge in [0.1, 0.15) is 0 Å². The van der Waals surface area contributed by atoms with Crippen molar-refractivity contribution in [1.82, 2.24) is 0 Å². The second kappa shape index (κ2) is 6.44. The molecular formula is C10H18OS2. The largest absolute Gasteiger partial charge is 0.487 e. The van der Waals surface area contributed by atoms with Gasteiger partial charge in [0.05, 0.1) is 12.5 Å². The number of ether oxygens (including phenoxy) is 1. The van der Waals surface area contributed by atoms with Gasteiger partial charge in [-0.1, -0.05) is 33.0 Å². The highest BCUT2D eigenvalue weighted by Crippen LogP contribution is 2.18. The van der Waals surface area contributed by atoms with E-state index in [9.17, 15) is 0 Å². The monoisotopic (exact) mass is 218 g/mol. The second-order valence-corrected chi connectivity index (χ2v) is 4.22. The molecule has 0 N–H and O–H groups in total. The fraction of sp³-hybridized carbons (Fsp3) is 0.800. The third-order valence-electron chi connectivity index (χ3n) is 1.90. The summed E-state index contributed by atoms with van der Waals surface area (Å²) in [6.45, 7) is 8.88. The molecule has 0 aliphatic rings. The van der Waals surface area contributed by atoms with E-state index in [0.717, 1.165) is 11.3 Å². The maximum atomic E-state index is 5.33. The molecule has 13 heavy (non-hydrogen) atoms. The quantitative estimate of drug-likeness (QED) is 0.655. The lowest BCUT2D eigenvalue weighted by Gasteiger charge is -2.21. The van der Waals surface area contributed by atoms with E-state index in [1.807, 2.05) is 6.92 Å². The molecule has 0 aliphatic carbocycles. The van der Waals surface area contributed by atoms with Crippen LogP contribution in [0, 0.1) is 11.8 Å². The molecule has 0 amide bonds. The first-order valence-electron chi connectivity index (χ1n) is 4.73. The molecule has 0 aromatic carbocycles. The van der Waals surface area contributed by atoms with E-state index >= 15 is 0 Å². The molecule has 0 fully saturated rings. The summed E-state index contributed by atoms with van der Waals surface area (Å²) in [6, 6.07) is 0. The SMILES string of the molecule is CCOC(=S)C(C(=S)CC)C(C)C. The van der Waals surface area contributed by atoms with Crippen LogP contribution < -0.4 is 0 Å². The van der Waals surface area contributed by atoms with Crippen molar-refractivity contribution >= 4 is 34.4 Å². The van der Waals surface area contributed by atoms with Crippen LogP contribution in [0.2, 0.25) is 0 Å². The van der Waals surface area contributed by atoms with Crippen LogP contribution in [0.5, 0.6) is 0 Å². The van der Waals surface area contributed by atoms with Crippen molar-refractivity contribution in [3.05, 3.63) is 0 Å². The Balaban J connectivity index is 4.41. The Kier molecular flexibility index (Phi) is 6.43. The van der Waals surface area contributed by atoms with Gasteiger partial charge >= 0.3 is 0 Å². The number of thiocarbonyl (C=S) groups is 2. The molecule has 0 heterocycles. The second-order valence-electron chi connectivity index (χ2n) is 3.29. The van der Waals surface area contributed by atoms with Crippen molar-refractivity contribution < 1.29 is 4.74 Å². The van der Waals surface area contributed by atoms with Crippen LogP contribution in [0.4, 0.5) is 0 Å². The molecular weight excluding hydrogens is 200 g/mol. The molecule has 0 saturated carbocycles. The highest BCUT2D eigenvalue weighted by atomic mass is 32.1. The summed E-state index contributed by atoms with van der Waals surface area (Å²) in [4.78, 5) is 1.01. The lowest BCUT2D eigenvalue weighted by Crippen LogP contribution is -2.27. The lowest BCUT2D eigenvalue weighted by molar-refractivity contribution is 0.311. The molecule has 76 valence electrons. The molecule has 0 saturated heterocycles. The van der Waals surface area contributed by atoms with Gasteiger partial charge in [-0.15, -0.1) is 0 Å². The van der Waals surface area contributed by atoms with Gasteiger partial charge in [-0.05, 0) is 31.5 Å². The third kappa shape index (κ3) is 4.14. The number of hydrogen-bond donors (Lipinski definition) is 0. The van der Waals surface area contributed by atoms with Crippen molar-refractivity contribution in [3.8, 4) is 0 Å². The van der Waals surface area contributed by atoms with Gasteiger partial charge in [-0.3, -0.25) is 0 Å². The van der Waals surface area contributed by atoms with Crippen LogP contribution >= 0.6 is 24.4 Å². The van der Waals surface area contributed by atoms with Gasteiger partial charge in [0.15, 0.2) is 5.05 Å². The first-order valence-corrected chi connectivity index (χ1v) is 5.55. The Hall–Kier alpha value is -0.0200. The summed E-state index contributed by atoms with van der Waals surface area (Å²) in [6.07, 6.45) is 0.894. The van der Waals surface area contributed by atoms with Crippen LogP contribution in [0.15, 0.2) is 0 Å². The fourth-order valence-electron chi connectivity index (χ4n) is 1.23. The summed E-state index contributed by atoms with van der Waals surface area (Å²) in [7, 11) is 0. The molecule has 0 radical (unpaired) electrons. The van der Waals surface area contributed by atoms with Gasteiger partial charge < -0.3 is 4.74 Å². The van der Waals surface area contributed by atoms with Gasteiger partial charge in [0.2, 0.25) is 0 Å². The fourth-order valence-corrected chi connectivity index (χ4v) is 2.21. The zero-order chi connectivity index (χ0) is 10.4. The van der Waals surface area contributed by atoms with Crippen molar-refractivity contribution in [2.24, 2.45) is 11.8 Å². The highest BCUT2D eigenvalue weighted by molar-refractivity contribution is 7.82. The molecule has 1 unspecified atom stereocenters. The number of hydrogen-bond acceptors (Lipinski definition) is 3. The first kappa shape index (κ1) is 13.0. The Morgan fingerprint density at radius 1 is 1.23 bits per heavy atom. The predicted molar refractivity (Wildman–Crippen MR) is 65.4 cm³/mol. The minimum absolute atomic E-state index is 0.162. The Labute approximate surface area is 91.9 Å². The van der Waals surface area contributed by atoms with E-state index in [2.05, 4.69) is 20.8 Å². The number of rotatable bonds is 5. The van der Waals surface area contributed by atoms with Crippen LogP contribution in [0.1, 0.15) is 34.1 Å². The predicted octanol–water partition coefficient (Wildman–Crippen LogP) is 3.40. The van der Waals surface area contributed by atoms with Crippen LogP contribution in [0.3, 0.4) is 0 Å². The van der Waals surface area contributed by atoms with Crippen molar-refractivity contribution in [2.75, 3.05) is 6.61 Å².